The standard InChI is InChI=1S/C11H13F3N2O4S/c12-11(13,14)7-15-21(19,20)16-9(10(17)18)6-8-4-2-1-3-5-8/h1-5,9,15-16H,6-7H2,(H,17,18). The molecule has 10 heteroatoms. The lowest BCUT2D eigenvalue weighted by Gasteiger charge is -2.16. The van der Waals surface area contributed by atoms with Crippen LogP contribution in [0.15, 0.2) is 30.3 Å². The molecule has 0 heterocycles. The van der Waals surface area contributed by atoms with Crippen molar-refractivity contribution in [2.45, 2.75) is 18.6 Å². The fourth-order valence-electron chi connectivity index (χ4n) is 1.43. The Bertz CT molecular complexity index is 575. The number of hydrogen-bond acceptors (Lipinski definition) is 3. The minimum absolute atomic E-state index is 0.191. The fourth-order valence-corrected chi connectivity index (χ4v) is 2.43. The monoisotopic (exact) mass is 326 g/mol. The highest BCUT2D eigenvalue weighted by Gasteiger charge is 2.31. The molecule has 0 aromatic heterocycles. The molecule has 0 bridgehead atoms. The number of nitrogens with one attached hydrogen (secondary N) is 2. The van der Waals surface area contributed by atoms with Crippen LogP contribution in [0.3, 0.4) is 0 Å². The van der Waals surface area contributed by atoms with Crippen LogP contribution in [0.5, 0.6) is 0 Å². The molecular formula is C11H13F3N2O4S. The summed E-state index contributed by atoms with van der Waals surface area (Å²) in [6.07, 6.45) is -4.92. The average molecular weight is 326 g/mol. The first kappa shape index (κ1) is 17.4. The number of benzene rings is 1. The number of halogens is 3. The molecule has 0 saturated heterocycles. The number of rotatable bonds is 7. The highest BCUT2D eigenvalue weighted by atomic mass is 32.2. The van der Waals surface area contributed by atoms with E-state index in [1.54, 1.807) is 35.1 Å². The van der Waals surface area contributed by atoms with E-state index < -0.39 is 34.9 Å². The van der Waals surface area contributed by atoms with Gasteiger partial charge < -0.3 is 5.11 Å². The average Bonchev–Trinajstić information content (AvgIpc) is 2.36. The molecule has 0 spiro atoms. The predicted octanol–water partition coefficient (Wildman–Crippen LogP) is 0.669. The van der Waals surface area contributed by atoms with Gasteiger partial charge in [0.05, 0.1) is 0 Å². The lowest BCUT2D eigenvalue weighted by atomic mass is 10.1. The highest BCUT2D eigenvalue weighted by molar-refractivity contribution is 7.87. The van der Waals surface area contributed by atoms with E-state index in [1.807, 2.05) is 0 Å². The first-order chi connectivity index (χ1) is 9.59. The molecule has 3 N–H and O–H groups in total. The number of hydrogen-bond donors (Lipinski definition) is 3. The Balaban J connectivity index is 2.72. The van der Waals surface area contributed by atoms with Crippen molar-refractivity contribution in [3.8, 4) is 0 Å². The summed E-state index contributed by atoms with van der Waals surface area (Å²) in [5, 5.41) is 8.95. The molecule has 1 unspecified atom stereocenters. The fraction of sp³-hybridized carbons (Fsp3) is 0.364. The van der Waals surface area contributed by atoms with Gasteiger partial charge in [-0.05, 0) is 12.0 Å². The number of carbonyl (C=O) groups is 1. The molecule has 1 aromatic rings. The molecule has 0 saturated carbocycles. The Morgan fingerprint density at radius 3 is 2.29 bits per heavy atom. The van der Waals surface area contributed by atoms with E-state index in [0.29, 0.717) is 5.56 Å². The Morgan fingerprint density at radius 2 is 1.81 bits per heavy atom. The molecule has 0 aliphatic carbocycles. The van der Waals surface area contributed by atoms with E-state index in [9.17, 15) is 26.4 Å². The number of alkyl halides is 3. The van der Waals surface area contributed by atoms with Crippen molar-refractivity contribution >= 4 is 16.2 Å². The lowest BCUT2D eigenvalue weighted by Crippen LogP contribution is -2.49. The Morgan fingerprint density at radius 1 is 1.24 bits per heavy atom. The van der Waals surface area contributed by atoms with E-state index in [-0.39, 0.29) is 6.42 Å². The van der Waals surface area contributed by atoms with Gasteiger partial charge in [0.2, 0.25) is 0 Å². The van der Waals surface area contributed by atoms with Gasteiger partial charge in [-0.2, -0.15) is 31.0 Å². The zero-order valence-corrected chi connectivity index (χ0v) is 11.4. The summed E-state index contributed by atoms with van der Waals surface area (Å²) in [4.78, 5) is 11.0. The van der Waals surface area contributed by atoms with Crippen LogP contribution in [-0.4, -0.2) is 38.3 Å². The third-order valence-corrected chi connectivity index (χ3v) is 3.46. The van der Waals surface area contributed by atoms with Gasteiger partial charge in [0.25, 0.3) is 10.2 Å². The molecule has 6 nitrogen and oxygen atoms in total. The SMILES string of the molecule is O=C(O)C(Cc1ccccc1)NS(=O)(=O)NCC(F)(F)F. The summed E-state index contributed by atoms with van der Waals surface area (Å²) >= 11 is 0. The highest BCUT2D eigenvalue weighted by Crippen LogP contribution is 2.12. The van der Waals surface area contributed by atoms with Gasteiger partial charge >= 0.3 is 12.1 Å². The molecule has 0 radical (unpaired) electrons. The number of aliphatic carboxylic acids is 1. The van der Waals surface area contributed by atoms with Crippen LogP contribution in [0.4, 0.5) is 13.2 Å². The summed E-state index contributed by atoms with van der Waals surface area (Å²) < 4.78 is 61.6. The van der Waals surface area contributed by atoms with Crippen molar-refractivity contribution in [3.05, 3.63) is 35.9 Å². The molecule has 0 fully saturated rings. The van der Waals surface area contributed by atoms with Gasteiger partial charge in [0.1, 0.15) is 12.6 Å². The summed E-state index contributed by atoms with van der Waals surface area (Å²) in [7, 11) is -4.58. The van der Waals surface area contributed by atoms with Crippen molar-refractivity contribution in [2.24, 2.45) is 0 Å². The second-order valence-corrected chi connectivity index (χ2v) is 5.67. The van der Waals surface area contributed by atoms with Crippen molar-refractivity contribution in [3.63, 3.8) is 0 Å². The van der Waals surface area contributed by atoms with Crippen LogP contribution in [0.2, 0.25) is 0 Å². The maximum atomic E-state index is 12.0. The first-order valence-corrected chi connectivity index (χ1v) is 7.18. The minimum atomic E-state index is -4.73. The molecular weight excluding hydrogens is 313 g/mol. The van der Waals surface area contributed by atoms with Crippen LogP contribution in [0.1, 0.15) is 5.56 Å². The minimum Gasteiger partial charge on any atom is -0.480 e. The zero-order chi connectivity index (χ0) is 16.1. The summed E-state index contributed by atoms with van der Waals surface area (Å²) in [5.41, 5.74) is 0.531. The Kier molecular flexibility index (Phi) is 5.70. The maximum Gasteiger partial charge on any atom is 0.402 e. The van der Waals surface area contributed by atoms with Crippen LogP contribution in [0.25, 0.3) is 0 Å². The molecule has 0 aliphatic rings. The second kappa shape index (κ2) is 6.87. The van der Waals surface area contributed by atoms with Crippen LogP contribution in [0, 0.1) is 0 Å². The summed E-state index contributed by atoms with van der Waals surface area (Å²) in [6, 6.07) is 6.53. The predicted molar refractivity (Wildman–Crippen MR) is 67.7 cm³/mol. The molecule has 118 valence electrons. The van der Waals surface area contributed by atoms with Crippen LogP contribution < -0.4 is 9.44 Å². The molecule has 21 heavy (non-hydrogen) atoms. The molecule has 0 amide bonds. The van der Waals surface area contributed by atoms with Gasteiger partial charge in [-0.1, -0.05) is 30.3 Å². The topological polar surface area (TPSA) is 95.5 Å². The van der Waals surface area contributed by atoms with Gasteiger partial charge in [-0.15, -0.1) is 0 Å². The first-order valence-electron chi connectivity index (χ1n) is 5.69. The van der Waals surface area contributed by atoms with Crippen molar-refractivity contribution in [1.29, 1.82) is 0 Å². The zero-order valence-electron chi connectivity index (χ0n) is 10.6. The Hall–Kier alpha value is -1.65. The van der Waals surface area contributed by atoms with Gasteiger partial charge in [-0.25, -0.2) is 0 Å². The largest absolute Gasteiger partial charge is 0.480 e. The molecule has 0 aliphatic heterocycles. The number of carboxylic acids is 1. The lowest BCUT2D eigenvalue weighted by molar-refractivity contribution is -0.138. The van der Waals surface area contributed by atoms with E-state index in [0.717, 1.165) is 0 Å². The molecule has 1 atom stereocenters. The Labute approximate surface area is 119 Å². The van der Waals surface area contributed by atoms with Crippen molar-refractivity contribution in [2.75, 3.05) is 6.54 Å². The second-order valence-electron chi connectivity index (χ2n) is 4.14. The van der Waals surface area contributed by atoms with E-state index in [2.05, 4.69) is 0 Å². The normalized spacial score (nSPS) is 13.9. The quantitative estimate of drug-likeness (QED) is 0.686. The smallest absolute Gasteiger partial charge is 0.402 e. The van der Waals surface area contributed by atoms with Gasteiger partial charge in [0.15, 0.2) is 0 Å². The number of carboxylic acid groups (broad SMARTS) is 1. The van der Waals surface area contributed by atoms with Gasteiger partial charge in [0, 0.05) is 0 Å². The van der Waals surface area contributed by atoms with Gasteiger partial charge in [-0.3, -0.25) is 4.79 Å². The third kappa shape index (κ3) is 7.06. The molecule has 1 rings (SSSR count). The van der Waals surface area contributed by atoms with E-state index in [1.165, 1.54) is 4.72 Å². The molecule has 1 aromatic carbocycles. The third-order valence-electron chi connectivity index (χ3n) is 2.34. The maximum absolute atomic E-state index is 12.0. The van der Waals surface area contributed by atoms with E-state index in [4.69, 9.17) is 5.11 Å². The van der Waals surface area contributed by atoms with Crippen molar-refractivity contribution in [1.82, 2.24) is 9.44 Å². The van der Waals surface area contributed by atoms with Crippen molar-refractivity contribution < 1.29 is 31.5 Å². The summed E-state index contributed by atoms with van der Waals surface area (Å²) in [5.74, 6) is -1.49. The van der Waals surface area contributed by atoms with Crippen LogP contribution in [-0.2, 0) is 21.4 Å². The van der Waals surface area contributed by atoms with Crippen LogP contribution >= 0.6 is 0 Å². The summed E-state index contributed by atoms with van der Waals surface area (Å²) in [6.45, 7) is -1.78. The van der Waals surface area contributed by atoms with E-state index >= 15 is 0 Å².